The molecule has 12 heavy (non-hydrogen) atoms. The standard InChI is InChI=1S/C6H7FN2O3/c1-9-3-4(2-8-9)12-5(7)6(10)11/h2-3,5H,1H3,(H,10,11). The van der Waals surface area contributed by atoms with E-state index in [1.807, 2.05) is 0 Å². The quantitative estimate of drug-likeness (QED) is 0.709. The highest BCUT2D eigenvalue weighted by Gasteiger charge is 2.17. The van der Waals surface area contributed by atoms with E-state index < -0.39 is 12.3 Å². The van der Waals surface area contributed by atoms with Gasteiger partial charge in [0.25, 0.3) is 0 Å². The summed E-state index contributed by atoms with van der Waals surface area (Å²) in [6.07, 6.45) is 0.264. The van der Waals surface area contributed by atoms with Gasteiger partial charge in [-0.25, -0.2) is 4.79 Å². The van der Waals surface area contributed by atoms with Crippen LogP contribution in [0.1, 0.15) is 0 Å². The monoisotopic (exact) mass is 174 g/mol. The van der Waals surface area contributed by atoms with Crippen LogP contribution in [0.4, 0.5) is 4.39 Å². The Balaban J connectivity index is 2.58. The number of carbonyl (C=O) groups is 1. The zero-order chi connectivity index (χ0) is 9.14. The summed E-state index contributed by atoms with van der Waals surface area (Å²) in [5, 5.41) is 11.8. The number of aliphatic carboxylic acids is 1. The van der Waals surface area contributed by atoms with Gasteiger partial charge in [0.2, 0.25) is 0 Å². The average Bonchev–Trinajstić information content (AvgIpc) is 2.35. The molecule has 0 aliphatic carbocycles. The maximum absolute atomic E-state index is 12.4. The van der Waals surface area contributed by atoms with Crippen LogP contribution in [0.25, 0.3) is 0 Å². The molecule has 6 heteroatoms. The minimum atomic E-state index is -2.34. The van der Waals surface area contributed by atoms with Crippen LogP contribution in [-0.4, -0.2) is 27.2 Å². The Hall–Kier alpha value is -1.59. The Labute approximate surface area is 67.4 Å². The molecule has 66 valence electrons. The number of hydrogen-bond donors (Lipinski definition) is 1. The van der Waals surface area contributed by atoms with Gasteiger partial charge in [-0.3, -0.25) is 4.68 Å². The minimum Gasteiger partial charge on any atom is -0.476 e. The second kappa shape index (κ2) is 3.21. The van der Waals surface area contributed by atoms with Crippen LogP contribution in [0.2, 0.25) is 0 Å². The predicted molar refractivity (Wildman–Crippen MR) is 36.4 cm³/mol. The summed E-state index contributed by atoms with van der Waals surface area (Å²) in [4.78, 5) is 9.98. The molecule has 0 radical (unpaired) electrons. The van der Waals surface area contributed by atoms with Gasteiger partial charge < -0.3 is 9.84 Å². The number of hydrogen-bond acceptors (Lipinski definition) is 3. The first kappa shape index (κ1) is 8.51. The number of carboxylic acids is 1. The fourth-order valence-electron chi connectivity index (χ4n) is 0.630. The summed E-state index contributed by atoms with van der Waals surface area (Å²) in [6, 6.07) is 0. The Morgan fingerprint density at radius 3 is 3.00 bits per heavy atom. The number of nitrogens with zero attached hydrogens (tertiary/aromatic N) is 2. The van der Waals surface area contributed by atoms with E-state index in [4.69, 9.17) is 5.11 Å². The zero-order valence-electron chi connectivity index (χ0n) is 6.27. The van der Waals surface area contributed by atoms with Gasteiger partial charge in [0, 0.05) is 7.05 Å². The summed E-state index contributed by atoms with van der Waals surface area (Å²) in [6.45, 7) is 0. The lowest BCUT2D eigenvalue weighted by molar-refractivity contribution is -0.153. The molecule has 0 spiro atoms. The van der Waals surface area contributed by atoms with Crippen LogP contribution >= 0.6 is 0 Å². The number of halogens is 1. The van der Waals surface area contributed by atoms with Gasteiger partial charge in [-0.1, -0.05) is 0 Å². The molecule has 0 saturated heterocycles. The van der Waals surface area contributed by atoms with Gasteiger partial charge in [0.05, 0.1) is 12.4 Å². The van der Waals surface area contributed by atoms with Crippen molar-refractivity contribution < 1.29 is 19.0 Å². The van der Waals surface area contributed by atoms with E-state index in [0.717, 1.165) is 0 Å². The van der Waals surface area contributed by atoms with Crippen molar-refractivity contribution in [1.82, 2.24) is 9.78 Å². The van der Waals surface area contributed by atoms with Crippen molar-refractivity contribution in [3.63, 3.8) is 0 Å². The number of aromatic nitrogens is 2. The first-order valence-electron chi connectivity index (χ1n) is 3.12. The molecular weight excluding hydrogens is 167 g/mol. The molecule has 1 heterocycles. The lowest BCUT2D eigenvalue weighted by Crippen LogP contribution is -2.21. The van der Waals surface area contributed by atoms with Crippen molar-refractivity contribution >= 4 is 5.97 Å². The second-order valence-electron chi connectivity index (χ2n) is 2.12. The largest absolute Gasteiger partial charge is 0.476 e. The highest BCUT2D eigenvalue weighted by molar-refractivity contribution is 5.70. The van der Waals surface area contributed by atoms with Gasteiger partial charge in [-0.05, 0) is 0 Å². The molecule has 1 aromatic rings. The third-order valence-electron chi connectivity index (χ3n) is 1.11. The summed E-state index contributed by atoms with van der Waals surface area (Å²) in [5.41, 5.74) is 0. The first-order chi connectivity index (χ1) is 5.59. The van der Waals surface area contributed by atoms with Crippen LogP contribution in [0, 0.1) is 0 Å². The van der Waals surface area contributed by atoms with E-state index in [0.29, 0.717) is 0 Å². The minimum absolute atomic E-state index is 0.0902. The molecule has 1 rings (SSSR count). The average molecular weight is 174 g/mol. The van der Waals surface area contributed by atoms with E-state index in [1.54, 1.807) is 7.05 Å². The molecule has 1 aromatic heterocycles. The van der Waals surface area contributed by atoms with Gasteiger partial charge in [0.1, 0.15) is 0 Å². The molecule has 0 amide bonds. The second-order valence-corrected chi connectivity index (χ2v) is 2.12. The van der Waals surface area contributed by atoms with E-state index in [1.165, 1.54) is 17.1 Å². The molecule has 0 bridgehead atoms. The number of alkyl halides is 1. The van der Waals surface area contributed by atoms with Crippen LogP contribution in [-0.2, 0) is 11.8 Å². The van der Waals surface area contributed by atoms with Crippen LogP contribution in [0.3, 0.4) is 0 Å². The molecule has 0 saturated carbocycles. The maximum atomic E-state index is 12.4. The Bertz CT molecular complexity index is 286. The Morgan fingerprint density at radius 1 is 1.92 bits per heavy atom. The highest BCUT2D eigenvalue weighted by Crippen LogP contribution is 2.10. The third kappa shape index (κ3) is 1.94. The number of ether oxygens (including phenoxy) is 1. The van der Waals surface area contributed by atoms with Gasteiger partial charge in [-0.15, -0.1) is 0 Å². The molecule has 0 aliphatic heterocycles. The normalized spacial score (nSPS) is 12.5. The van der Waals surface area contributed by atoms with Gasteiger partial charge in [-0.2, -0.15) is 9.49 Å². The van der Waals surface area contributed by atoms with Crippen molar-refractivity contribution in [1.29, 1.82) is 0 Å². The maximum Gasteiger partial charge on any atom is 0.378 e. The lowest BCUT2D eigenvalue weighted by Gasteiger charge is -2.02. The van der Waals surface area contributed by atoms with Crippen LogP contribution < -0.4 is 4.74 Å². The van der Waals surface area contributed by atoms with Crippen LogP contribution in [0.15, 0.2) is 12.4 Å². The molecule has 1 N–H and O–H groups in total. The summed E-state index contributed by atoms with van der Waals surface area (Å²) < 4.78 is 18.1. The lowest BCUT2D eigenvalue weighted by atomic mass is 10.6. The summed E-state index contributed by atoms with van der Waals surface area (Å²) in [5.74, 6) is -1.56. The Morgan fingerprint density at radius 2 is 2.58 bits per heavy atom. The van der Waals surface area contributed by atoms with E-state index >= 15 is 0 Å². The van der Waals surface area contributed by atoms with E-state index in [2.05, 4.69) is 9.84 Å². The molecule has 1 unspecified atom stereocenters. The molecule has 5 nitrogen and oxygen atoms in total. The number of rotatable bonds is 3. The highest BCUT2D eigenvalue weighted by atomic mass is 19.1. The number of carboxylic acid groups (broad SMARTS) is 1. The molecule has 0 aliphatic rings. The molecule has 1 atom stereocenters. The van der Waals surface area contributed by atoms with Crippen molar-refractivity contribution in [3.8, 4) is 5.75 Å². The zero-order valence-corrected chi connectivity index (χ0v) is 6.27. The van der Waals surface area contributed by atoms with Crippen molar-refractivity contribution in [2.24, 2.45) is 7.05 Å². The predicted octanol–water partition coefficient (Wildman–Crippen LogP) is 0.179. The van der Waals surface area contributed by atoms with Crippen molar-refractivity contribution in [2.45, 2.75) is 6.36 Å². The van der Waals surface area contributed by atoms with Crippen LogP contribution in [0.5, 0.6) is 5.75 Å². The molecule has 0 fully saturated rings. The first-order valence-corrected chi connectivity index (χ1v) is 3.12. The van der Waals surface area contributed by atoms with Gasteiger partial charge >= 0.3 is 12.3 Å². The SMILES string of the molecule is Cn1cc(OC(F)C(=O)O)cn1. The topological polar surface area (TPSA) is 64.3 Å². The summed E-state index contributed by atoms with van der Waals surface area (Å²) in [7, 11) is 1.61. The Kier molecular flexibility index (Phi) is 2.27. The smallest absolute Gasteiger partial charge is 0.378 e. The third-order valence-corrected chi connectivity index (χ3v) is 1.11. The molecular formula is C6H7FN2O3. The number of aryl methyl sites for hydroxylation is 1. The summed E-state index contributed by atoms with van der Waals surface area (Å²) >= 11 is 0. The fourth-order valence-corrected chi connectivity index (χ4v) is 0.630. The van der Waals surface area contributed by atoms with Gasteiger partial charge in [0.15, 0.2) is 5.75 Å². The van der Waals surface area contributed by atoms with E-state index in [-0.39, 0.29) is 5.75 Å². The molecule has 0 aromatic carbocycles. The van der Waals surface area contributed by atoms with Crippen molar-refractivity contribution in [3.05, 3.63) is 12.4 Å². The van der Waals surface area contributed by atoms with Crippen molar-refractivity contribution in [2.75, 3.05) is 0 Å². The van der Waals surface area contributed by atoms with E-state index in [9.17, 15) is 9.18 Å². The fraction of sp³-hybridized carbons (Fsp3) is 0.333.